The van der Waals surface area contributed by atoms with E-state index in [1.807, 2.05) is 13.8 Å². The number of nitrogens with zero attached hydrogens (tertiary/aromatic N) is 1. The fourth-order valence-corrected chi connectivity index (χ4v) is 1.27. The first kappa shape index (κ1) is 9.70. The van der Waals surface area contributed by atoms with Crippen LogP contribution in [0.1, 0.15) is 13.8 Å². The van der Waals surface area contributed by atoms with Crippen molar-refractivity contribution in [1.82, 2.24) is 4.81 Å². The molecular formula is C7H13BNO3. The maximum Gasteiger partial charge on any atom is 0.401 e. The third-order valence-corrected chi connectivity index (χ3v) is 1.96. The molecule has 12 heavy (non-hydrogen) atoms. The Hall–Kier alpha value is -0.385. The van der Waals surface area contributed by atoms with Crippen LogP contribution < -0.4 is 0 Å². The second kappa shape index (κ2) is 3.55. The van der Waals surface area contributed by atoms with Gasteiger partial charge in [-0.2, -0.15) is 0 Å². The Morgan fingerprint density at radius 3 is 2.92 bits per heavy atom. The van der Waals surface area contributed by atoms with E-state index in [1.54, 1.807) is 11.9 Å². The van der Waals surface area contributed by atoms with Gasteiger partial charge < -0.3 is 14.2 Å². The molecular weight excluding hydrogens is 157 g/mol. The van der Waals surface area contributed by atoms with Gasteiger partial charge in [-0.25, -0.2) is 0 Å². The molecule has 0 N–H and O–H groups in total. The van der Waals surface area contributed by atoms with Crippen LogP contribution in [0.25, 0.3) is 0 Å². The van der Waals surface area contributed by atoms with Crippen molar-refractivity contribution in [3.8, 4) is 0 Å². The van der Waals surface area contributed by atoms with Crippen LogP contribution in [0, 0.1) is 0 Å². The van der Waals surface area contributed by atoms with Gasteiger partial charge in [-0.1, -0.05) is 0 Å². The molecule has 1 rings (SSSR count). The van der Waals surface area contributed by atoms with Crippen LogP contribution in [-0.2, 0) is 14.2 Å². The summed E-state index contributed by atoms with van der Waals surface area (Å²) in [5.74, 6) is 0. The maximum atomic E-state index is 10.6. The Kier molecular flexibility index (Phi) is 2.87. The highest BCUT2D eigenvalue weighted by atomic mass is 16.5. The van der Waals surface area contributed by atoms with Gasteiger partial charge in [-0.3, -0.25) is 4.81 Å². The Balaban J connectivity index is 2.66. The van der Waals surface area contributed by atoms with Crippen molar-refractivity contribution in [3.05, 3.63) is 0 Å². The first-order valence-corrected chi connectivity index (χ1v) is 3.85. The molecule has 0 aromatic rings. The average Bonchev–Trinajstić information content (AvgIpc) is 2.29. The second-order valence-electron chi connectivity index (χ2n) is 3.21. The summed E-state index contributed by atoms with van der Waals surface area (Å²) >= 11 is 0. The largest absolute Gasteiger partial charge is 0.427 e. The summed E-state index contributed by atoms with van der Waals surface area (Å²) in [6.07, 6.45) is 0.865. The molecule has 0 aromatic carbocycles. The summed E-state index contributed by atoms with van der Waals surface area (Å²) in [6, 6.07) is -0.222. The lowest BCUT2D eigenvalue weighted by Crippen LogP contribution is -2.47. The molecule has 0 aromatic heterocycles. The summed E-state index contributed by atoms with van der Waals surface area (Å²) in [4.78, 5) is 12.3. The minimum Gasteiger partial charge on any atom is -0.427 e. The third-order valence-electron chi connectivity index (χ3n) is 1.96. The van der Waals surface area contributed by atoms with Gasteiger partial charge in [0, 0.05) is 7.11 Å². The number of carbonyl (C=O) groups is 1. The summed E-state index contributed by atoms with van der Waals surface area (Å²) in [6.45, 7) is 4.22. The van der Waals surface area contributed by atoms with Crippen LogP contribution in [0.2, 0.25) is 0 Å². The van der Waals surface area contributed by atoms with Crippen molar-refractivity contribution in [2.24, 2.45) is 0 Å². The molecule has 4 nitrogen and oxygen atoms in total. The number of aldehydes is 1. The van der Waals surface area contributed by atoms with Gasteiger partial charge in [0.05, 0.1) is 12.6 Å². The molecule has 0 bridgehead atoms. The van der Waals surface area contributed by atoms with Crippen molar-refractivity contribution in [3.63, 3.8) is 0 Å². The zero-order valence-corrected chi connectivity index (χ0v) is 7.61. The zero-order chi connectivity index (χ0) is 9.19. The quantitative estimate of drug-likeness (QED) is 0.434. The van der Waals surface area contributed by atoms with Gasteiger partial charge in [-0.15, -0.1) is 0 Å². The normalized spacial score (nSPS) is 28.8. The smallest absolute Gasteiger partial charge is 0.401 e. The van der Waals surface area contributed by atoms with Gasteiger partial charge in [0.1, 0.15) is 12.0 Å². The Bertz CT molecular complexity index is 174. The van der Waals surface area contributed by atoms with Gasteiger partial charge >= 0.3 is 7.62 Å². The summed E-state index contributed by atoms with van der Waals surface area (Å²) in [5.41, 5.74) is -0.443. The molecule has 1 aliphatic rings. The molecule has 0 unspecified atom stereocenters. The highest BCUT2D eigenvalue weighted by Crippen LogP contribution is 2.24. The molecule has 1 fully saturated rings. The first-order chi connectivity index (χ1) is 5.61. The predicted molar refractivity (Wildman–Crippen MR) is 44.5 cm³/mol. The second-order valence-corrected chi connectivity index (χ2v) is 3.21. The van der Waals surface area contributed by atoms with E-state index in [2.05, 4.69) is 0 Å². The summed E-state index contributed by atoms with van der Waals surface area (Å²) in [7, 11) is 3.07. The fraction of sp³-hybridized carbons (Fsp3) is 0.857. The SMILES string of the molecule is CO[B]N1[C@@H](C=O)COC1(C)C. The van der Waals surface area contributed by atoms with E-state index in [0.717, 1.165) is 6.29 Å². The minimum absolute atomic E-state index is 0.222. The van der Waals surface area contributed by atoms with Crippen LogP contribution in [0.3, 0.4) is 0 Å². The van der Waals surface area contributed by atoms with Gasteiger partial charge in [0.25, 0.3) is 0 Å². The summed E-state index contributed by atoms with van der Waals surface area (Å²) in [5, 5.41) is 0. The standard InChI is InChI=1S/C7H13BNO3/c1-7(2)9(8-11-3)6(4-10)5-12-7/h4,6H,5H2,1-3H3/t6-/m0/s1. The van der Waals surface area contributed by atoms with Crippen molar-refractivity contribution >= 4 is 13.9 Å². The van der Waals surface area contributed by atoms with Crippen molar-refractivity contribution in [2.45, 2.75) is 25.6 Å². The fourth-order valence-electron chi connectivity index (χ4n) is 1.27. The van der Waals surface area contributed by atoms with Crippen LogP contribution in [-0.4, -0.2) is 44.2 Å². The minimum atomic E-state index is -0.443. The van der Waals surface area contributed by atoms with Crippen molar-refractivity contribution in [1.29, 1.82) is 0 Å². The lowest BCUT2D eigenvalue weighted by atomic mass is 10.1. The van der Waals surface area contributed by atoms with Crippen molar-refractivity contribution in [2.75, 3.05) is 13.7 Å². The molecule has 67 valence electrons. The monoisotopic (exact) mass is 170 g/mol. The van der Waals surface area contributed by atoms with Gasteiger partial charge in [-0.05, 0) is 13.8 Å². The maximum absolute atomic E-state index is 10.6. The van der Waals surface area contributed by atoms with E-state index in [9.17, 15) is 4.79 Å². The molecule has 1 saturated heterocycles. The molecule has 1 aliphatic heterocycles. The van der Waals surface area contributed by atoms with Crippen LogP contribution in [0.5, 0.6) is 0 Å². The first-order valence-electron chi connectivity index (χ1n) is 3.85. The highest BCUT2D eigenvalue weighted by Gasteiger charge is 2.40. The molecule has 0 spiro atoms. The van der Waals surface area contributed by atoms with Gasteiger partial charge in [0.2, 0.25) is 0 Å². The highest BCUT2D eigenvalue weighted by molar-refractivity contribution is 6.24. The number of ether oxygens (including phenoxy) is 1. The van der Waals surface area contributed by atoms with E-state index in [0.29, 0.717) is 6.61 Å². The topological polar surface area (TPSA) is 38.8 Å². The lowest BCUT2D eigenvalue weighted by molar-refractivity contribution is -0.110. The number of hydrogen-bond donors (Lipinski definition) is 0. The number of hydrogen-bond acceptors (Lipinski definition) is 4. The van der Waals surface area contributed by atoms with Gasteiger partial charge in [0.15, 0.2) is 0 Å². The third kappa shape index (κ3) is 1.68. The van der Waals surface area contributed by atoms with Crippen LogP contribution in [0.15, 0.2) is 0 Å². The predicted octanol–water partition coefficient (Wildman–Crippen LogP) is -0.197. The molecule has 1 atom stereocenters. The van der Waals surface area contributed by atoms with Crippen molar-refractivity contribution < 1.29 is 14.2 Å². The van der Waals surface area contributed by atoms with E-state index >= 15 is 0 Å². The molecule has 0 aliphatic carbocycles. The Morgan fingerprint density at radius 2 is 2.42 bits per heavy atom. The van der Waals surface area contributed by atoms with E-state index < -0.39 is 5.72 Å². The van der Waals surface area contributed by atoms with Crippen LogP contribution in [0.4, 0.5) is 0 Å². The summed E-state index contributed by atoms with van der Waals surface area (Å²) < 4.78 is 10.2. The van der Waals surface area contributed by atoms with E-state index in [4.69, 9.17) is 9.39 Å². The Morgan fingerprint density at radius 1 is 1.75 bits per heavy atom. The number of carbonyl (C=O) groups excluding carboxylic acids is 1. The molecule has 0 saturated carbocycles. The lowest BCUT2D eigenvalue weighted by Gasteiger charge is -2.29. The molecule has 1 radical (unpaired) electrons. The average molecular weight is 170 g/mol. The number of rotatable bonds is 3. The molecule has 0 amide bonds. The van der Waals surface area contributed by atoms with E-state index in [-0.39, 0.29) is 6.04 Å². The Labute approximate surface area is 73.1 Å². The van der Waals surface area contributed by atoms with E-state index in [1.165, 1.54) is 7.62 Å². The molecule has 5 heteroatoms. The van der Waals surface area contributed by atoms with Crippen LogP contribution >= 0.6 is 0 Å². The molecule has 1 heterocycles. The zero-order valence-electron chi connectivity index (χ0n) is 7.61.